The number of hydrogen-bond donors (Lipinski definition) is 2. The van der Waals surface area contributed by atoms with Crippen molar-refractivity contribution in [3.8, 4) is 5.75 Å². The van der Waals surface area contributed by atoms with Crippen molar-refractivity contribution >= 4 is 17.5 Å². The predicted molar refractivity (Wildman–Crippen MR) is 98.5 cm³/mol. The molecule has 2 aromatic carbocycles. The fourth-order valence-electron chi connectivity index (χ4n) is 2.18. The second kappa shape index (κ2) is 8.68. The molecule has 2 amide bonds. The van der Waals surface area contributed by atoms with Crippen LogP contribution in [0.3, 0.4) is 0 Å². The van der Waals surface area contributed by atoms with Crippen LogP contribution < -0.4 is 15.4 Å². The van der Waals surface area contributed by atoms with E-state index in [-0.39, 0.29) is 17.5 Å². The first-order chi connectivity index (χ1) is 12.0. The normalized spacial score (nSPS) is 11.3. The summed E-state index contributed by atoms with van der Waals surface area (Å²) in [6.45, 7) is 3.76. The van der Waals surface area contributed by atoms with Gasteiger partial charge in [0.05, 0.1) is 7.11 Å². The SMILES string of the molecule is CC/C(C)=C(\NC(=O)c1ccccc1)C(=O)Nc1ccc(OC)cc1. The van der Waals surface area contributed by atoms with Gasteiger partial charge in [0, 0.05) is 11.3 Å². The zero-order valence-corrected chi connectivity index (χ0v) is 14.6. The molecule has 0 radical (unpaired) electrons. The number of hydrogen-bond acceptors (Lipinski definition) is 3. The first-order valence-corrected chi connectivity index (χ1v) is 8.06. The molecule has 25 heavy (non-hydrogen) atoms. The van der Waals surface area contributed by atoms with E-state index in [9.17, 15) is 9.59 Å². The lowest BCUT2D eigenvalue weighted by Crippen LogP contribution is -2.32. The highest BCUT2D eigenvalue weighted by atomic mass is 16.5. The second-order valence-corrected chi connectivity index (χ2v) is 5.51. The van der Waals surface area contributed by atoms with Gasteiger partial charge in [0.15, 0.2) is 0 Å². The minimum absolute atomic E-state index is 0.271. The average Bonchev–Trinajstić information content (AvgIpc) is 2.66. The molecule has 0 aliphatic heterocycles. The van der Waals surface area contributed by atoms with E-state index < -0.39 is 0 Å². The lowest BCUT2D eigenvalue weighted by molar-refractivity contribution is -0.113. The van der Waals surface area contributed by atoms with E-state index in [0.29, 0.717) is 23.4 Å². The van der Waals surface area contributed by atoms with Gasteiger partial charge in [-0.1, -0.05) is 25.1 Å². The molecule has 0 unspecified atom stereocenters. The summed E-state index contributed by atoms with van der Waals surface area (Å²) in [5, 5.41) is 5.53. The van der Waals surface area contributed by atoms with Crippen molar-refractivity contribution in [2.45, 2.75) is 20.3 Å². The van der Waals surface area contributed by atoms with Crippen molar-refractivity contribution in [1.29, 1.82) is 0 Å². The minimum atomic E-state index is -0.353. The minimum Gasteiger partial charge on any atom is -0.497 e. The maximum absolute atomic E-state index is 12.6. The Kier molecular flexibility index (Phi) is 6.34. The van der Waals surface area contributed by atoms with Crippen LogP contribution in [0.25, 0.3) is 0 Å². The Morgan fingerprint density at radius 2 is 1.64 bits per heavy atom. The fourth-order valence-corrected chi connectivity index (χ4v) is 2.18. The van der Waals surface area contributed by atoms with Gasteiger partial charge < -0.3 is 15.4 Å². The fraction of sp³-hybridized carbons (Fsp3) is 0.200. The van der Waals surface area contributed by atoms with E-state index in [2.05, 4.69) is 10.6 Å². The monoisotopic (exact) mass is 338 g/mol. The van der Waals surface area contributed by atoms with Gasteiger partial charge in [-0.2, -0.15) is 0 Å². The first-order valence-electron chi connectivity index (χ1n) is 8.06. The third kappa shape index (κ3) is 4.94. The molecule has 130 valence electrons. The van der Waals surface area contributed by atoms with Crippen LogP contribution in [0, 0.1) is 0 Å². The lowest BCUT2D eigenvalue weighted by atomic mass is 10.1. The Bertz CT molecular complexity index is 765. The molecule has 0 aliphatic carbocycles. The van der Waals surface area contributed by atoms with Crippen LogP contribution in [0.4, 0.5) is 5.69 Å². The third-order valence-electron chi connectivity index (χ3n) is 3.81. The van der Waals surface area contributed by atoms with Crippen LogP contribution >= 0.6 is 0 Å². The number of ether oxygens (including phenoxy) is 1. The molecule has 2 N–H and O–H groups in total. The van der Waals surface area contributed by atoms with E-state index in [1.807, 2.05) is 19.9 Å². The highest BCUT2D eigenvalue weighted by molar-refractivity contribution is 6.08. The molecule has 0 bridgehead atoms. The molecule has 2 rings (SSSR count). The van der Waals surface area contributed by atoms with Crippen molar-refractivity contribution in [3.63, 3.8) is 0 Å². The van der Waals surface area contributed by atoms with Gasteiger partial charge in [-0.25, -0.2) is 0 Å². The van der Waals surface area contributed by atoms with E-state index >= 15 is 0 Å². The van der Waals surface area contributed by atoms with Crippen LogP contribution in [0.5, 0.6) is 5.75 Å². The molecular weight excluding hydrogens is 316 g/mol. The molecule has 5 nitrogen and oxygen atoms in total. The van der Waals surface area contributed by atoms with Gasteiger partial charge in [-0.05, 0) is 55.3 Å². The number of anilines is 1. The lowest BCUT2D eigenvalue weighted by Gasteiger charge is -2.14. The summed E-state index contributed by atoms with van der Waals surface area (Å²) in [4.78, 5) is 25.0. The van der Waals surface area contributed by atoms with Gasteiger partial charge in [-0.15, -0.1) is 0 Å². The maximum Gasteiger partial charge on any atom is 0.272 e. The summed E-state index contributed by atoms with van der Waals surface area (Å²) in [5.74, 6) is 0.0398. The molecule has 0 heterocycles. The number of allylic oxidation sites excluding steroid dienone is 1. The number of carbonyl (C=O) groups is 2. The Balaban J connectivity index is 2.16. The zero-order valence-electron chi connectivity index (χ0n) is 14.6. The molecule has 5 heteroatoms. The van der Waals surface area contributed by atoms with Crippen molar-refractivity contribution in [3.05, 3.63) is 71.4 Å². The molecule has 0 fully saturated rings. The molecule has 2 aromatic rings. The molecule has 0 saturated heterocycles. The second-order valence-electron chi connectivity index (χ2n) is 5.51. The van der Waals surface area contributed by atoms with Crippen LogP contribution in [0.15, 0.2) is 65.9 Å². The summed E-state index contributed by atoms with van der Waals surface area (Å²) in [6.07, 6.45) is 0.653. The van der Waals surface area contributed by atoms with Gasteiger partial charge in [0.25, 0.3) is 11.8 Å². The summed E-state index contributed by atoms with van der Waals surface area (Å²) in [5.41, 5.74) is 2.20. The Morgan fingerprint density at radius 1 is 1.00 bits per heavy atom. The average molecular weight is 338 g/mol. The van der Waals surface area contributed by atoms with Crippen molar-refractivity contribution in [2.24, 2.45) is 0 Å². The maximum atomic E-state index is 12.6. The number of benzene rings is 2. The topological polar surface area (TPSA) is 67.4 Å². The van der Waals surface area contributed by atoms with E-state index in [4.69, 9.17) is 4.74 Å². The summed E-state index contributed by atoms with van der Waals surface area (Å²) in [7, 11) is 1.58. The Hall–Kier alpha value is -3.08. The van der Waals surface area contributed by atoms with Gasteiger partial charge in [-0.3, -0.25) is 9.59 Å². The molecule has 0 atom stereocenters. The summed E-state index contributed by atoms with van der Waals surface area (Å²) in [6, 6.07) is 15.8. The van der Waals surface area contributed by atoms with Gasteiger partial charge in [0.1, 0.15) is 11.4 Å². The Labute approximate surface area is 147 Å². The van der Waals surface area contributed by atoms with Crippen molar-refractivity contribution in [1.82, 2.24) is 5.32 Å². The smallest absolute Gasteiger partial charge is 0.272 e. The van der Waals surface area contributed by atoms with E-state index in [0.717, 1.165) is 5.57 Å². The first kappa shape index (κ1) is 18.3. The molecular formula is C20H22N2O3. The number of methoxy groups -OCH3 is 1. The standard InChI is InChI=1S/C20H22N2O3/c1-4-14(2)18(22-19(23)15-8-6-5-7-9-15)20(24)21-16-10-12-17(25-3)13-11-16/h5-13H,4H2,1-3H3,(H,21,24)(H,22,23)/b18-14-. The molecule has 0 spiro atoms. The Morgan fingerprint density at radius 3 is 2.20 bits per heavy atom. The van der Waals surface area contributed by atoms with Crippen molar-refractivity contribution < 1.29 is 14.3 Å². The van der Waals surface area contributed by atoms with E-state index in [1.54, 1.807) is 55.6 Å². The number of amides is 2. The quantitative estimate of drug-likeness (QED) is 0.788. The summed E-state index contributed by atoms with van der Waals surface area (Å²) >= 11 is 0. The number of rotatable bonds is 6. The van der Waals surface area contributed by atoms with Gasteiger partial charge >= 0.3 is 0 Å². The molecule has 0 saturated carbocycles. The van der Waals surface area contributed by atoms with Crippen LogP contribution in [-0.4, -0.2) is 18.9 Å². The van der Waals surface area contributed by atoms with Gasteiger partial charge in [0.2, 0.25) is 0 Å². The van der Waals surface area contributed by atoms with Crippen LogP contribution in [0.1, 0.15) is 30.6 Å². The highest BCUT2D eigenvalue weighted by Gasteiger charge is 2.16. The third-order valence-corrected chi connectivity index (χ3v) is 3.81. The highest BCUT2D eigenvalue weighted by Crippen LogP contribution is 2.16. The zero-order chi connectivity index (χ0) is 18.2. The van der Waals surface area contributed by atoms with Crippen molar-refractivity contribution in [2.75, 3.05) is 12.4 Å². The largest absolute Gasteiger partial charge is 0.497 e. The molecule has 0 aromatic heterocycles. The number of nitrogens with one attached hydrogen (secondary N) is 2. The van der Waals surface area contributed by atoms with Crippen LogP contribution in [-0.2, 0) is 4.79 Å². The van der Waals surface area contributed by atoms with E-state index in [1.165, 1.54) is 0 Å². The van der Waals surface area contributed by atoms with Crippen LogP contribution in [0.2, 0.25) is 0 Å². The summed E-state index contributed by atoms with van der Waals surface area (Å²) < 4.78 is 5.10. The molecule has 0 aliphatic rings. The predicted octanol–water partition coefficient (Wildman–Crippen LogP) is 3.75. The number of carbonyl (C=O) groups excluding carboxylic acids is 2.